The second-order valence-electron chi connectivity index (χ2n) is 6.51. The summed E-state index contributed by atoms with van der Waals surface area (Å²) < 4.78 is 0. The highest BCUT2D eigenvalue weighted by atomic mass is 16.2. The quantitative estimate of drug-likeness (QED) is 0.877. The molecule has 0 unspecified atom stereocenters. The predicted molar refractivity (Wildman–Crippen MR) is 92.7 cm³/mol. The highest BCUT2D eigenvalue weighted by Gasteiger charge is 2.15. The molecule has 2 N–H and O–H groups in total. The molecule has 0 radical (unpaired) electrons. The summed E-state index contributed by atoms with van der Waals surface area (Å²) in [5.74, 6) is 0.612. The Balaban J connectivity index is 1.94. The summed E-state index contributed by atoms with van der Waals surface area (Å²) in [6.45, 7) is 4.05. The summed E-state index contributed by atoms with van der Waals surface area (Å²) in [6.07, 6.45) is 3.77. The maximum atomic E-state index is 12.2. The summed E-state index contributed by atoms with van der Waals surface area (Å²) in [7, 11) is 3.44. The molecule has 0 spiro atoms. The summed E-state index contributed by atoms with van der Waals surface area (Å²) in [5, 5.41) is 6.30. The van der Waals surface area contributed by atoms with Crippen molar-refractivity contribution in [3.8, 4) is 0 Å². The molecule has 2 amide bonds. The van der Waals surface area contributed by atoms with Gasteiger partial charge in [0.1, 0.15) is 0 Å². The van der Waals surface area contributed by atoms with Crippen molar-refractivity contribution < 1.29 is 9.59 Å². The van der Waals surface area contributed by atoms with Gasteiger partial charge in [0, 0.05) is 31.8 Å². The summed E-state index contributed by atoms with van der Waals surface area (Å²) in [4.78, 5) is 25.8. The first kappa shape index (κ1) is 17.5. The van der Waals surface area contributed by atoms with Crippen molar-refractivity contribution in [1.29, 1.82) is 0 Å². The van der Waals surface area contributed by atoms with Crippen molar-refractivity contribution in [1.82, 2.24) is 10.2 Å². The monoisotopic (exact) mass is 317 g/mol. The van der Waals surface area contributed by atoms with Gasteiger partial charge in [-0.2, -0.15) is 0 Å². The van der Waals surface area contributed by atoms with Gasteiger partial charge in [-0.05, 0) is 62.9 Å². The van der Waals surface area contributed by atoms with Crippen molar-refractivity contribution in [2.75, 3.05) is 32.5 Å². The molecule has 0 aromatic heterocycles. The summed E-state index contributed by atoms with van der Waals surface area (Å²) in [6, 6.07) is 5.43. The molecule has 0 saturated carbocycles. The van der Waals surface area contributed by atoms with Crippen LogP contribution in [0.5, 0.6) is 0 Å². The van der Waals surface area contributed by atoms with Crippen LogP contribution in [0.3, 0.4) is 0 Å². The molecular formula is C18H27N3O2. The van der Waals surface area contributed by atoms with Crippen molar-refractivity contribution >= 4 is 17.5 Å². The zero-order chi connectivity index (χ0) is 16.8. The number of hydrogen-bond donors (Lipinski definition) is 2. The topological polar surface area (TPSA) is 61.4 Å². The first-order chi connectivity index (χ1) is 11.0. The van der Waals surface area contributed by atoms with E-state index in [1.165, 1.54) is 4.90 Å². The molecule has 126 valence electrons. The molecule has 1 aromatic rings. The number of amides is 2. The molecule has 5 heteroatoms. The molecule has 1 aliphatic heterocycles. The Morgan fingerprint density at radius 2 is 1.96 bits per heavy atom. The van der Waals surface area contributed by atoms with Crippen LogP contribution in [0.4, 0.5) is 5.69 Å². The number of nitrogens with one attached hydrogen (secondary N) is 2. The second kappa shape index (κ2) is 8.11. The van der Waals surface area contributed by atoms with Crippen LogP contribution >= 0.6 is 0 Å². The fourth-order valence-electron chi connectivity index (χ4n) is 2.87. The Labute approximate surface area is 138 Å². The Hall–Kier alpha value is -1.88. The van der Waals surface area contributed by atoms with Crippen molar-refractivity contribution in [2.24, 2.45) is 5.92 Å². The third kappa shape index (κ3) is 5.06. The Kier molecular flexibility index (Phi) is 6.16. The van der Waals surface area contributed by atoms with Crippen LogP contribution in [0.2, 0.25) is 0 Å². The lowest BCUT2D eigenvalue weighted by Gasteiger charge is -2.22. The molecule has 0 bridgehead atoms. The number of anilines is 1. The Morgan fingerprint density at radius 1 is 1.26 bits per heavy atom. The molecule has 23 heavy (non-hydrogen) atoms. The van der Waals surface area contributed by atoms with Gasteiger partial charge >= 0.3 is 0 Å². The van der Waals surface area contributed by atoms with E-state index in [1.54, 1.807) is 26.2 Å². The maximum absolute atomic E-state index is 12.2. The van der Waals surface area contributed by atoms with Crippen LogP contribution in [-0.4, -0.2) is 43.9 Å². The third-order valence-electron chi connectivity index (χ3n) is 4.40. The number of nitrogens with zero attached hydrogens (tertiary/aromatic N) is 1. The van der Waals surface area contributed by atoms with Gasteiger partial charge in [0.15, 0.2) is 0 Å². The Bertz CT molecular complexity index is 563. The molecule has 5 nitrogen and oxygen atoms in total. The molecule has 0 atom stereocenters. The average Bonchev–Trinajstić information content (AvgIpc) is 2.55. The molecule has 1 fully saturated rings. The average molecular weight is 317 g/mol. The van der Waals surface area contributed by atoms with E-state index >= 15 is 0 Å². The van der Waals surface area contributed by atoms with E-state index in [2.05, 4.69) is 10.6 Å². The van der Waals surface area contributed by atoms with E-state index in [4.69, 9.17) is 0 Å². The van der Waals surface area contributed by atoms with E-state index < -0.39 is 0 Å². The SMILES string of the molecule is Cc1ccc(C(=O)N(C)C)cc1NC(=O)CCC1CCNCC1. The van der Waals surface area contributed by atoms with Crippen LogP contribution in [0, 0.1) is 12.8 Å². The zero-order valence-electron chi connectivity index (χ0n) is 14.3. The largest absolute Gasteiger partial charge is 0.345 e. The van der Waals surface area contributed by atoms with Crippen LogP contribution in [0.25, 0.3) is 0 Å². The molecule has 1 aliphatic rings. The fraction of sp³-hybridized carbons (Fsp3) is 0.556. The molecule has 2 rings (SSSR count). The van der Waals surface area contributed by atoms with Crippen LogP contribution in [0.1, 0.15) is 41.6 Å². The lowest BCUT2D eigenvalue weighted by atomic mass is 9.93. The van der Waals surface area contributed by atoms with Gasteiger partial charge in [0.25, 0.3) is 5.91 Å². The minimum atomic E-state index is -0.0600. The Morgan fingerprint density at radius 3 is 2.61 bits per heavy atom. The van der Waals surface area contributed by atoms with Gasteiger partial charge in [-0.15, -0.1) is 0 Å². The minimum Gasteiger partial charge on any atom is -0.345 e. The molecule has 1 saturated heterocycles. The summed E-state index contributed by atoms with van der Waals surface area (Å²) in [5.41, 5.74) is 2.29. The smallest absolute Gasteiger partial charge is 0.253 e. The number of hydrogen-bond acceptors (Lipinski definition) is 3. The van der Waals surface area contributed by atoms with E-state index in [9.17, 15) is 9.59 Å². The van der Waals surface area contributed by atoms with Gasteiger partial charge in [-0.25, -0.2) is 0 Å². The highest BCUT2D eigenvalue weighted by molar-refractivity contribution is 5.97. The lowest BCUT2D eigenvalue weighted by molar-refractivity contribution is -0.116. The molecular weight excluding hydrogens is 290 g/mol. The third-order valence-corrected chi connectivity index (χ3v) is 4.40. The van der Waals surface area contributed by atoms with E-state index in [1.807, 2.05) is 13.0 Å². The van der Waals surface area contributed by atoms with Gasteiger partial charge in [0.05, 0.1) is 0 Å². The van der Waals surface area contributed by atoms with E-state index in [0.717, 1.165) is 43.6 Å². The van der Waals surface area contributed by atoms with Crippen LogP contribution < -0.4 is 10.6 Å². The normalized spacial score (nSPS) is 15.3. The van der Waals surface area contributed by atoms with Gasteiger partial charge < -0.3 is 15.5 Å². The predicted octanol–water partition coefficient (Wildman–Crippen LogP) is 2.42. The number of carbonyl (C=O) groups excluding carboxylic acids is 2. The maximum Gasteiger partial charge on any atom is 0.253 e. The van der Waals surface area contributed by atoms with Crippen LogP contribution in [-0.2, 0) is 4.79 Å². The van der Waals surface area contributed by atoms with Gasteiger partial charge in [-0.3, -0.25) is 9.59 Å². The van der Waals surface area contributed by atoms with Crippen molar-refractivity contribution in [3.05, 3.63) is 29.3 Å². The number of carbonyl (C=O) groups is 2. The van der Waals surface area contributed by atoms with Crippen molar-refractivity contribution in [2.45, 2.75) is 32.6 Å². The highest BCUT2D eigenvalue weighted by Crippen LogP contribution is 2.21. The number of aryl methyl sites for hydroxylation is 1. The standard InChI is InChI=1S/C18H27N3O2/c1-13-4-6-15(18(23)21(2)3)12-16(13)20-17(22)7-5-14-8-10-19-11-9-14/h4,6,12,14,19H,5,7-11H2,1-3H3,(H,20,22). The fourth-order valence-corrected chi connectivity index (χ4v) is 2.87. The van der Waals surface area contributed by atoms with E-state index in [-0.39, 0.29) is 11.8 Å². The summed E-state index contributed by atoms with van der Waals surface area (Å²) >= 11 is 0. The molecule has 1 aromatic carbocycles. The first-order valence-electron chi connectivity index (χ1n) is 8.30. The van der Waals surface area contributed by atoms with E-state index in [0.29, 0.717) is 17.9 Å². The molecule has 0 aliphatic carbocycles. The van der Waals surface area contributed by atoms with Gasteiger partial charge in [0.2, 0.25) is 5.91 Å². The zero-order valence-corrected chi connectivity index (χ0v) is 14.3. The van der Waals surface area contributed by atoms with Crippen LogP contribution in [0.15, 0.2) is 18.2 Å². The number of piperidine rings is 1. The lowest BCUT2D eigenvalue weighted by Crippen LogP contribution is -2.28. The van der Waals surface area contributed by atoms with Gasteiger partial charge in [-0.1, -0.05) is 6.07 Å². The number of benzene rings is 1. The molecule has 1 heterocycles. The second-order valence-corrected chi connectivity index (χ2v) is 6.51. The minimum absolute atomic E-state index is 0.0288. The van der Waals surface area contributed by atoms with Crippen molar-refractivity contribution in [3.63, 3.8) is 0 Å². The first-order valence-corrected chi connectivity index (χ1v) is 8.30. The number of rotatable bonds is 5.